The maximum Gasteiger partial charge on any atom is 0.263 e. The number of carbonyl (C=O) groups excluding carboxylic acids is 1. The Balaban J connectivity index is 1.55. The predicted octanol–water partition coefficient (Wildman–Crippen LogP) is 1.12. The molecule has 0 aliphatic carbocycles. The molecule has 1 unspecified atom stereocenters. The van der Waals surface area contributed by atoms with Crippen molar-refractivity contribution in [2.75, 3.05) is 19.8 Å². The minimum Gasteiger partial charge on any atom is -0.391 e. The van der Waals surface area contributed by atoms with Crippen LogP contribution in [0.3, 0.4) is 0 Å². The number of rotatable bonds is 5. The molecule has 0 spiro atoms. The second-order valence-corrected chi connectivity index (χ2v) is 6.36. The van der Waals surface area contributed by atoms with Gasteiger partial charge in [-0.25, -0.2) is 15.0 Å². The second kappa shape index (κ2) is 7.58. The molecule has 122 valence electrons. The van der Waals surface area contributed by atoms with Crippen molar-refractivity contribution in [3.63, 3.8) is 0 Å². The van der Waals surface area contributed by atoms with Crippen LogP contribution in [0.4, 0.5) is 0 Å². The number of hydrogen-bond acceptors (Lipinski definition) is 7. The van der Waals surface area contributed by atoms with Crippen molar-refractivity contribution in [2.24, 2.45) is 5.92 Å². The van der Waals surface area contributed by atoms with E-state index in [0.717, 1.165) is 12.8 Å². The first kappa shape index (κ1) is 16.0. The summed E-state index contributed by atoms with van der Waals surface area (Å²) in [5, 5.41) is 13.5. The van der Waals surface area contributed by atoms with Crippen molar-refractivity contribution in [1.29, 1.82) is 0 Å². The summed E-state index contributed by atoms with van der Waals surface area (Å²) in [7, 11) is 0. The minimum absolute atomic E-state index is 0.179. The number of aromatic nitrogens is 3. The third-order valence-electron chi connectivity index (χ3n) is 3.77. The average Bonchev–Trinajstić information content (AvgIpc) is 3.11. The Morgan fingerprint density at radius 1 is 1.35 bits per heavy atom. The lowest BCUT2D eigenvalue weighted by Crippen LogP contribution is -2.38. The Hall–Kier alpha value is -1.90. The van der Waals surface area contributed by atoms with Gasteiger partial charge in [0.05, 0.1) is 12.3 Å². The average molecular weight is 334 g/mol. The Morgan fingerprint density at radius 2 is 2.09 bits per heavy atom. The van der Waals surface area contributed by atoms with E-state index in [1.807, 2.05) is 0 Å². The van der Waals surface area contributed by atoms with Crippen LogP contribution in [0.15, 0.2) is 24.7 Å². The van der Waals surface area contributed by atoms with Crippen LogP contribution < -0.4 is 5.32 Å². The van der Waals surface area contributed by atoms with Crippen LogP contribution in [0.1, 0.15) is 22.5 Å². The zero-order valence-electron chi connectivity index (χ0n) is 12.5. The molecule has 2 aromatic rings. The van der Waals surface area contributed by atoms with Gasteiger partial charge >= 0.3 is 0 Å². The fraction of sp³-hybridized carbons (Fsp3) is 0.467. The lowest BCUT2D eigenvalue weighted by atomic mass is 9.94. The second-order valence-electron chi connectivity index (χ2n) is 5.33. The van der Waals surface area contributed by atoms with Crippen molar-refractivity contribution in [3.05, 3.63) is 29.5 Å². The Morgan fingerprint density at radius 3 is 2.83 bits per heavy atom. The van der Waals surface area contributed by atoms with Crippen LogP contribution in [0.5, 0.6) is 0 Å². The SMILES string of the molecule is O=C(NCC(O)C1CCOCC1)c1cnc(-c2ncccn2)s1. The summed E-state index contributed by atoms with van der Waals surface area (Å²) in [5.41, 5.74) is 0. The molecule has 0 saturated carbocycles. The minimum atomic E-state index is -0.548. The molecule has 3 rings (SSSR count). The third kappa shape index (κ3) is 4.10. The maximum atomic E-state index is 12.2. The smallest absolute Gasteiger partial charge is 0.263 e. The molecule has 2 aromatic heterocycles. The molecule has 1 saturated heterocycles. The summed E-state index contributed by atoms with van der Waals surface area (Å²) >= 11 is 1.23. The zero-order valence-corrected chi connectivity index (χ0v) is 13.3. The number of nitrogens with one attached hydrogen (secondary N) is 1. The fourth-order valence-electron chi connectivity index (χ4n) is 2.44. The number of aliphatic hydroxyl groups is 1. The van der Waals surface area contributed by atoms with Crippen LogP contribution >= 0.6 is 11.3 Å². The molecule has 23 heavy (non-hydrogen) atoms. The first-order valence-corrected chi connectivity index (χ1v) is 8.33. The van der Waals surface area contributed by atoms with Crippen molar-refractivity contribution >= 4 is 17.2 Å². The van der Waals surface area contributed by atoms with Crippen molar-refractivity contribution in [3.8, 4) is 10.8 Å². The summed E-state index contributed by atoms with van der Waals surface area (Å²) in [6.07, 6.45) is 5.88. The van der Waals surface area contributed by atoms with Crippen LogP contribution in [-0.4, -0.2) is 51.8 Å². The molecule has 8 heteroatoms. The molecular weight excluding hydrogens is 316 g/mol. The van der Waals surface area contributed by atoms with Crippen LogP contribution in [0.25, 0.3) is 10.8 Å². The van der Waals surface area contributed by atoms with E-state index >= 15 is 0 Å². The van der Waals surface area contributed by atoms with Gasteiger partial charge in [-0.1, -0.05) is 0 Å². The van der Waals surface area contributed by atoms with Crippen LogP contribution in [0.2, 0.25) is 0 Å². The van der Waals surface area contributed by atoms with E-state index in [0.29, 0.717) is 28.9 Å². The van der Waals surface area contributed by atoms with Gasteiger partial charge in [0.25, 0.3) is 5.91 Å². The van der Waals surface area contributed by atoms with E-state index in [1.54, 1.807) is 18.5 Å². The maximum absolute atomic E-state index is 12.2. The number of nitrogens with zero attached hydrogens (tertiary/aromatic N) is 3. The number of hydrogen-bond donors (Lipinski definition) is 2. The highest BCUT2D eigenvalue weighted by molar-refractivity contribution is 7.16. The topological polar surface area (TPSA) is 97.2 Å². The monoisotopic (exact) mass is 334 g/mol. The number of thiazole rings is 1. The largest absolute Gasteiger partial charge is 0.391 e. The molecule has 0 radical (unpaired) electrons. The zero-order chi connectivity index (χ0) is 16.1. The van der Waals surface area contributed by atoms with Crippen molar-refractivity contribution in [2.45, 2.75) is 18.9 Å². The molecule has 1 amide bonds. The van der Waals surface area contributed by atoms with Gasteiger partial charge in [-0.2, -0.15) is 0 Å². The first-order chi connectivity index (χ1) is 11.2. The molecule has 1 aliphatic heterocycles. The van der Waals surface area contributed by atoms with E-state index in [2.05, 4.69) is 20.3 Å². The quantitative estimate of drug-likeness (QED) is 0.850. The van der Waals surface area contributed by atoms with Gasteiger partial charge in [0.15, 0.2) is 10.8 Å². The van der Waals surface area contributed by atoms with E-state index < -0.39 is 6.10 Å². The summed E-state index contributed by atoms with van der Waals surface area (Å²) in [5.74, 6) is 0.438. The molecule has 1 aliphatic rings. The van der Waals surface area contributed by atoms with Gasteiger partial charge in [0.2, 0.25) is 0 Å². The third-order valence-corrected chi connectivity index (χ3v) is 4.76. The lowest BCUT2D eigenvalue weighted by Gasteiger charge is -2.26. The van der Waals surface area contributed by atoms with E-state index in [1.165, 1.54) is 17.5 Å². The van der Waals surface area contributed by atoms with Gasteiger partial charge in [0.1, 0.15) is 4.88 Å². The van der Waals surface area contributed by atoms with E-state index in [-0.39, 0.29) is 18.4 Å². The fourth-order valence-corrected chi connectivity index (χ4v) is 3.22. The van der Waals surface area contributed by atoms with Gasteiger partial charge in [-0.05, 0) is 24.8 Å². The molecule has 2 N–H and O–H groups in total. The standard InChI is InChI=1S/C15H18N4O3S/c20-11(10-2-6-22-7-3-10)8-18-14(21)12-9-19-15(23-12)13-16-4-1-5-17-13/h1,4-5,9-11,20H,2-3,6-8H2,(H,18,21). The van der Waals surface area contributed by atoms with Crippen molar-refractivity contribution in [1.82, 2.24) is 20.3 Å². The highest BCUT2D eigenvalue weighted by atomic mass is 32.1. The number of carbonyl (C=O) groups is 1. The molecule has 7 nitrogen and oxygen atoms in total. The Bertz CT molecular complexity index is 643. The Labute approximate surface area is 137 Å². The molecule has 1 atom stereocenters. The van der Waals surface area contributed by atoms with Crippen molar-refractivity contribution < 1.29 is 14.6 Å². The highest BCUT2D eigenvalue weighted by Gasteiger charge is 2.23. The van der Waals surface area contributed by atoms with Gasteiger partial charge < -0.3 is 15.2 Å². The summed E-state index contributed by atoms with van der Waals surface area (Å²) in [6, 6.07) is 1.72. The van der Waals surface area contributed by atoms with Crippen LogP contribution in [-0.2, 0) is 4.74 Å². The normalized spacial score (nSPS) is 16.9. The number of ether oxygens (including phenoxy) is 1. The summed E-state index contributed by atoms with van der Waals surface area (Å²) < 4.78 is 5.27. The molecule has 0 bridgehead atoms. The van der Waals surface area contributed by atoms with Gasteiger partial charge in [-0.15, -0.1) is 11.3 Å². The van der Waals surface area contributed by atoms with Gasteiger partial charge in [-0.3, -0.25) is 4.79 Å². The predicted molar refractivity (Wildman–Crippen MR) is 85.0 cm³/mol. The van der Waals surface area contributed by atoms with E-state index in [9.17, 15) is 9.90 Å². The number of aliphatic hydroxyl groups excluding tert-OH is 1. The molecular formula is C15H18N4O3S. The Kier molecular flexibility index (Phi) is 5.27. The summed E-state index contributed by atoms with van der Waals surface area (Å²) in [4.78, 5) is 25.0. The highest BCUT2D eigenvalue weighted by Crippen LogP contribution is 2.22. The van der Waals surface area contributed by atoms with Gasteiger partial charge in [0, 0.05) is 32.2 Å². The summed E-state index contributed by atoms with van der Waals surface area (Å²) in [6.45, 7) is 1.58. The molecule has 0 aromatic carbocycles. The molecule has 1 fully saturated rings. The van der Waals surface area contributed by atoms with Crippen LogP contribution in [0, 0.1) is 5.92 Å². The molecule has 3 heterocycles. The lowest BCUT2D eigenvalue weighted by molar-refractivity contribution is 0.00874. The number of amides is 1. The van der Waals surface area contributed by atoms with E-state index in [4.69, 9.17) is 4.74 Å². The first-order valence-electron chi connectivity index (χ1n) is 7.51.